The predicted octanol–water partition coefficient (Wildman–Crippen LogP) is 5.21. The number of benzene rings is 1. The van der Waals surface area contributed by atoms with E-state index in [1.165, 1.54) is 12.3 Å². The molecule has 4 aromatic rings. The summed E-state index contributed by atoms with van der Waals surface area (Å²) in [6, 6.07) is 14.3. The first kappa shape index (κ1) is 21.6. The Morgan fingerprint density at radius 2 is 1.78 bits per heavy atom. The van der Waals surface area contributed by atoms with Gasteiger partial charge in [-0.05, 0) is 41.2 Å². The van der Waals surface area contributed by atoms with Crippen LogP contribution in [0.1, 0.15) is 39.3 Å². The van der Waals surface area contributed by atoms with Crippen LogP contribution in [0, 0.1) is 11.4 Å². The minimum atomic E-state index is -0.500. The van der Waals surface area contributed by atoms with Crippen LogP contribution in [0.2, 0.25) is 0 Å². The van der Waals surface area contributed by atoms with E-state index >= 15 is 0 Å². The Hall–Kier alpha value is -3.61. The van der Waals surface area contributed by atoms with Gasteiger partial charge in [0.1, 0.15) is 5.65 Å². The molecule has 0 saturated carbocycles. The Morgan fingerprint density at radius 3 is 2.47 bits per heavy atom. The summed E-state index contributed by atoms with van der Waals surface area (Å²) in [6.45, 7) is 8.84. The maximum Gasteiger partial charge on any atom is 0.252 e. The van der Waals surface area contributed by atoms with Crippen molar-refractivity contribution in [2.45, 2.75) is 40.3 Å². The minimum absolute atomic E-state index is 0.0661. The van der Waals surface area contributed by atoms with Crippen molar-refractivity contribution in [2.75, 3.05) is 5.32 Å². The van der Waals surface area contributed by atoms with Crippen molar-refractivity contribution in [3.05, 3.63) is 82.8 Å². The second kappa shape index (κ2) is 8.49. The first-order chi connectivity index (χ1) is 15.2. The van der Waals surface area contributed by atoms with Crippen LogP contribution in [0.3, 0.4) is 0 Å². The van der Waals surface area contributed by atoms with Crippen molar-refractivity contribution in [3.63, 3.8) is 0 Å². The van der Waals surface area contributed by atoms with E-state index in [2.05, 4.69) is 41.0 Å². The highest BCUT2D eigenvalue weighted by atomic mass is 19.1. The molecule has 0 aliphatic carbocycles. The average Bonchev–Trinajstić information content (AvgIpc) is 2.75. The number of halogens is 1. The lowest BCUT2D eigenvalue weighted by Gasteiger charge is -2.21. The van der Waals surface area contributed by atoms with Gasteiger partial charge in [-0.25, -0.2) is 9.97 Å². The van der Waals surface area contributed by atoms with Crippen LogP contribution in [-0.2, 0) is 6.54 Å². The van der Waals surface area contributed by atoms with Gasteiger partial charge >= 0.3 is 0 Å². The molecule has 3 heterocycles. The van der Waals surface area contributed by atoms with Gasteiger partial charge in [-0.3, -0.25) is 9.36 Å². The van der Waals surface area contributed by atoms with Crippen LogP contribution >= 0.6 is 0 Å². The topological polar surface area (TPSA) is 72.7 Å². The summed E-state index contributed by atoms with van der Waals surface area (Å²) in [6.07, 6.45) is 3.19. The van der Waals surface area contributed by atoms with Gasteiger partial charge in [0.2, 0.25) is 11.9 Å². The lowest BCUT2D eigenvalue weighted by molar-refractivity contribution is 0.343. The highest BCUT2D eigenvalue weighted by Gasteiger charge is 2.16. The smallest absolute Gasteiger partial charge is 0.252 e. The number of pyridine rings is 2. The van der Waals surface area contributed by atoms with Crippen LogP contribution in [0.5, 0.6) is 0 Å². The number of nitrogens with one attached hydrogen (secondary N) is 1. The monoisotopic (exact) mass is 431 g/mol. The summed E-state index contributed by atoms with van der Waals surface area (Å²) < 4.78 is 15.1. The number of anilines is 1. The summed E-state index contributed by atoms with van der Waals surface area (Å²) in [5.74, 6) is -0.0430. The van der Waals surface area contributed by atoms with Gasteiger partial charge in [0.25, 0.3) is 5.56 Å². The fraction of sp³-hybridized carbons (Fsp3) is 0.280. The van der Waals surface area contributed by atoms with E-state index in [0.29, 0.717) is 18.1 Å². The van der Waals surface area contributed by atoms with E-state index in [-0.39, 0.29) is 17.0 Å². The third-order valence-corrected chi connectivity index (χ3v) is 5.17. The van der Waals surface area contributed by atoms with Crippen molar-refractivity contribution in [1.82, 2.24) is 19.5 Å². The Morgan fingerprint density at radius 1 is 1.03 bits per heavy atom. The Labute approximate surface area is 186 Å². The molecular weight excluding hydrogens is 405 g/mol. The predicted molar refractivity (Wildman–Crippen MR) is 125 cm³/mol. The maximum atomic E-state index is 13.4. The van der Waals surface area contributed by atoms with E-state index in [1.807, 2.05) is 31.2 Å². The number of hydrogen-bond donors (Lipinski definition) is 1. The Balaban J connectivity index is 1.59. The van der Waals surface area contributed by atoms with Crippen LogP contribution in [0.15, 0.2) is 65.7 Å². The van der Waals surface area contributed by atoms with E-state index in [4.69, 9.17) is 0 Å². The van der Waals surface area contributed by atoms with Gasteiger partial charge < -0.3 is 5.32 Å². The molecule has 0 radical (unpaired) electrons. The molecule has 0 fully saturated rings. The first-order valence-electron chi connectivity index (χ1n) is 10.5. The third-order valence-electron chi connectivity index (χ3n) is 5.17. The standard InChI is InChI=1S/C25H26FN5O/c1-16(17-5-7-18(8-6-17)19-11-12-27-21(26)13-19)29-24-28-14-20-9-10-22(32)31(23(20)30-24)15-25(2,3)4/h5-14,16H,15H2,1-4H3,(H,28,29,30). The quantitative estimate of drug-likeness (QED) is 0.439. The van der Waals surface area contributed by atoms with Crippen LogP contribution in [0.4, 0.5) is 10.3 Å². The lowest BCUT2D eigenvalue weighted by atomic mass is 9.97. The van der Waals surface area contributed by atoms with Gasteiger partial charge in [0.15, 0.2) is 0 Å². The number of nitrogens with zero attached hydrogens (tertiary/aromatic N) is 4. The van der Waals surface area contributed by atoms with Crippen molar-refractivity contribution in [1.29, 1.82) is 0 Å². The number of fused-ring (bicyclic) bond motifs is 1. The fourth-order valence-corrected chi connectivity index (χ4v) is 3.59. The molecule has 0 spiro atoms. The normalized spacial score (nSPS) is 12.7. The lowest BCUT2D eigenvalue weighted by Crippen LogP contribution is -2.27. The molecule has 0 aliphatic heterocycles. The molecular formula is C25H26FN5O. The molecule has 1 aromatic carbocycles. The van der Waals surface area contributed by atoms with Crippen LogP contribution in [0.25, 0.3) is 22.2 Å². The van der Waals surface area contributed by atoms with Crippen LogP contribution < -0.4 is 10.9 Å². The molecule has 6 nitrogen and oxygen atoms in total. The van der Waals surface area contributed by atoms with Crippen molar-refractivity contribution < 1.29 is 4.39 Å². The summed E-state index contributed by atoms with van der Waals surface area (Å²) in [5.41, 5.74) is 3.20. The van der Waals surface area contributed by atoms with Crippen molar-refractivity contribution in [3.8, 4) is 11.1 Å². The van der Waals surface area contributed by atoms with Gasteiger partial charge in [0, 0.05) is 36.5 Å². The zero-order valence-electron chi connectivity index (χ0n) is 18.6. The second-order valence-corrected chi connectivity index (χ2v) is 9.15. The van der Waals surface area contributed by atoms with Crippen LogP contribution in [-0.4, -0.2) is 19.5 Å². The minimum Gasteiger partial charge on any atom is -0.348 e. The molecule has 1 atom stereocenters. The molecule has 0 bridgehead atoms. The molecule has 7 heteroatoms. The molecule has 0 amide bonds. The zero-order valence-corrected chi connectivity index (χ0v) is 18.6. The molecule has 1 N–H and O–H groups in total. The van der Waals surface area contributed by atoms with Gasteiger partial charge in [-0.15, -0.1) is 0 Å². The second-order valence-electron chi connectivity index (χ2n) is 9.15. The van der Waals surface area contributed by atoms with E-state index < -0.39 is 5.95 Å². The average molecular weight is 432 g/mol. The SMILES string of the molecule is CC(Nc1ncc2ccc(=O)n(CC(C)(C)C)c2n1)c1ccc(-c2ccnc(F)c2)cc1. The maximum absolute atomic E-state index is 13.4. The molecule has 0 aliphatic rings. The first-order valence-corrected chi connectivity index (χ1v) is 10.5. The largest absolute Gasteiger partial charge is 0.348 e. The number of rotatable bonds is 5. The van der Waals surface area contributed by atoms with Gasteiger partial charge in [-0.1, -0.05) is 45.0 Å². The summed E-state index contributed by atoms with van der Waals surface area (Å²) in [5, 5.41) is 4.14. The summed E-state index contributed by atoms with van der Waals surface area (Å²) >= 11 is 0. The Bertz CT molecular complexity index is 1310. The van der Waals surface area contributed by atoms with E-state index in [9.17, 15) is 9.18 Å². The zero-order chi connectivity index (χ0) is 22.9. The van der Waals surface area contributed by atoms with Gasteiger partial charge in [-0.2, -0.15) is 9.37 Å². The summed E-state index contributed by atoms with van der Waals surface area (Å²) in [7, 11) is 0. The van der Waals surface area contributed by atoms with Gasteiger partial charge in [0.05, 0.1) is 6.04 Å². The molecule has 0 saturated heterocycles. The molecule has 32 heavy (non-hydrogen) atoms. The highest BCUT2D eigenvalue weighted by molar-refractivity contribution is 5.75. The fourth-order valence-electron chi connectivity index (χ4n) is 3.59. The van der Waals surface area contributed by atoms with E-state index in [0.717, 1.165) is 22.1 Å². The number of hydrogen-bond acceptors (Lipinski definition) is 5. The third kappa shape index (κ3) is 4.82. The molecule has 3 aromatic heterocycles. The molecule has 164 valence electrons. The molecule has 4 rings (SSSR count). The van der Waals surface area contributed by atoms with E-state index in [1.54, 1.807) is 29.0 Å². The highest BCUT2D eigenvalue weighted by Crippen LogP contribution is 2.24. The number of aromatic nitrogens is 4. The van der Waals surface area contributed by atoms with Crippen molar-refractivity contribution >= 4 is 17.0 Å². The Kier molecular flexibility index (Phi) is 5.74. The van der Waals surface area contributed by atoms with Crippen molar-refractivity contribution in [2.24, 2.45) is 5.41 Å². The summed E-state index contributed by atoms with van der Waals surface area (Å²) in [4.78, 5) is 25.2. The molecule has 1 unspecified atom stereocenters.